The molecule has 0 spiro atoms. The van der Waals surface area contributed by atoms with Crippen LogP contribution in [0.3, 0.4) is 0 Å². The van der Waals surface area contributed by atoms with Gasteiger partial charge in [-0.3, -0.25) is 4.68 Å². The number of phenols is 1. The van der Waals surface area contributed by atoms with E-state index in [1.807, 2.05) is 23.7 Å². The summed E-state index contributed by atoms with van der Waals surface area (Å²) >= 11 is 0. The number of hydrogen-bond donors (Lipinski definition) is 3. The minimum absolute atomic E-state index is 0.179. The fourth-order valence-corrected chi connectivity index (χ4v) is 3.45. The zero-order chi connectivity index (χ0) is 19.0. The van der Waals surface area contributed by atoms with E-state index in [1.165, 1.54) is 0 Å². The fourth-order valence-electron chi connectivity index (χ4n) is 3.45. The van der Waals surface area contributed by atoms with Gasteiger partial charge in [-0.05, 0) is 55.8 Å². The van der Waals surface area contributed by atoms with Crippen LogP contribution in [0.25, 0.3) is 22.5 Å². The number of nitriles is 1. The second-order valence-corrected chi connectivity index (χ2v) is 6.70. The monoisotopic (exact) mass is 360 g/mol. The maximum Gasteiger partial charge on any atom is 0.142 e. The Morgan fingerprint density at radius 2 is 2.07 bits per heavy atom. The predicted molar refractivity (Wildman–Crippen MR) is 103 cm³/mol. The largest absolute Gasteiger partial charge is 0.508 e. The van der Waals surface area contributed by atoms with Crippen molar-refractivity contribution in [2.75, 3.05) is 12.3 Å². The van der Waals surface area contributed by atoms with Crippen LogP contribution in [0.1, 0.15) is 23.2 Å². The summed E-state index contributed by atoms with van der Waals surface area (Å²) in [6, 6.07) is 11.1. The molecule has 7 heteroatoms. The number of nitrogens with two attached hydrogens (primary N) is 1. The first-order valence-electron chi connectivity index (χ1n) is 8.85. The molecular formula is C20H20N6O. The minimum atomic E-state index is 0.179. The van der Waals surface area contributed by atoms with Crippen molar-refractivity contribution < 1.29 is 5.11 Å². The zero-order valence-electron chi connectivity index (χ0n) is 15.0. The number of nitrogen functional groups attached to an aromatic ring is 1. The van der Waals surface area contributed by atoms with E-state index in [1.54, 1.807) is 18.2 Å². The second-order valence-electron chi connectivity index (χ2n) is 6.70. The summed E-state index contributed by atoms with van der Waals surface area (Å²) in [7, 11) is 0. The highest BCUT2D eigenvalue weighted by atomic mass is 16.3. The summed E-state index contributed by atoms with van der Waals surface area (Å²) in [5.74, 6) is 0.377. The molecule has 136 valence electrons. The third-order valence-corrected chi connectivity index (χ3v) is 4.81. The van der Waals surface area contributed by atoms with Crippen LogP contribution >= 0.6 is 0 Å². The zero-order valence-corrected chi connectivity index (χ0v) is 15.0. The molecule has 0 fully saturated rings. The molecule has 0 aliphatic carbocycles. The van der Waals surface area contributed by atoms with Gasteiger partial charge in [0.2, 0.25) is 0 Å². The molecule has 7 nitrogen and oxygen atoms in total. The third kappa shape index (κ3) is 3.11. The molecule has 1 aromatic carbocycles. The molecule has 4 rings (SSSR count). The molecule has 0 atom stereocenters. The van der Waals surface area contributed by atoms with E-state index >= 15 is 0 Å². The Kier molecular flexibility index (Phi) is 4.26. The maximum atomic E-state index is 9.66. The topological polar surface area (TPSA) is 113 Å². The van der Waals surface area contributed by atoms with Crippen LogP contribution in [-0.4, -0.2) is 26.4 Å². The number of phenolic OH excluding ortho intramolecular Hbond substituents is 1. The first-order chi connectivity index (χ1) is 13.1. The molecule has 3 heterocycles. The van der Waals surface area contributed by atoms with Gasteiger partial charge in [-0.15, -0.1) is 0 Å². The Hall–Kier alpha value is -3.37. The molecule has 2 aromatic heterocycles. The van der Waals surface area contributed by atoms with Crippen molar-refractivity contribution in [2.45, 2.75) is 26.4 Å². The predicted octanol–water partition coefficient (Wildman–Crippen LogP) is 2.57. The van der Waals surface area contributed by atoms with E-state index in [9.17, 15) is 10.4 Å². The maximum absolute atomic E-state index is 9.66. The quantitative estimate of drug-likeness (QED) is 0.647. The molecule has 0 amide bonds. The Morgan fingerprint density at radius 1 is 1.22 bits per heavy atom. The lowest BCUT2D eigenvalue weighted by Gasteiger charge is -2.10. The smallest absolute Gasteiger partial charge is 0.142 e. The number of anilines is 1. The number of benzene rings is 1. The number of pyridine rings is 1. The Morgan fingerprint density at radius 3 is 2.85 bits per heavy atom. The molecule has 1 aliphatic rings. The number of hydrogen-bond acceptors (Lipinski definition) is 6. The van der Waals surface area contributed by atoms with Crippen LogP contribution in [0.2, 0.25) is 0 Å². The highest BCUT2D eigenvalue weighted by Crippen LogP contribution is 2.33. The van der Waals surface area contributed by atoms with Gasteiger partial charge in [0.1, 0.15) is 23.2 Å². The van der Waals surface area contributed by atoms with E-state index in [0.717, 1.165) is 48.6 Å². The van der Waals surface area contributed by atoms with Crippen molar-refractivity contribution in [3.63, 3.8) is 0 Å². The van der Waals surface area contributed by atoms with Gasteiger partial charge in [0, 0.05) is 24.2 Å². The van der Waals surface area contributed by atoms with E-state index in [-0.39, 0.29) is 11.6 Å². The van der Waals surface area contributed by atoms with Crippen LogP contribution < -0.4 is 11.1 Å². The third-order valence-electron chi connectivity index (χ3n) is 4.81. The van der Waals surface area contributed by atoms with Gasteiger partial charge in [-0.1, -0.05) is 0 Å². The minimum Gasteiger partial charge on any atom is -0.508 e. The standard InChI is InChI=1S/C20H20N6O/c1-12-7-14(27)3-4-15(12)18-9-16(17(10-21)20(22)24-18)19-8-13-11-23-5-2-6-26(13)25-19/h3-4,7-9,23,27H,2,5-6,11H2,1H3,(H2,22,24). The molecule has 0 saturated carbocycles. The fraction of sp³-hybridized carbons (Fsp3) is 0.250. The average molecular weight is 360 g/mol. The Balaban J connectivity index is 1.87. The highest BCUT2D eigenvalue weighted by molar-refractivity contribution is 5.79. The molecular weight excluding hydrogens is 340 g/mol. The Labute approximate surface area is 157 Å². The highest BCUT2D eigenvalue weighted by Gasteiger charge is 2.19. The van der Waals surface area contributed by atoms with Crippen molar-refractivity contribution >= 4 is 5.82 Å². The van der Waals surface area contributed by atoms with Crippen molar-refractivity contribution in [3.05, 3.63) is 47.2 Å². The number of aromatic hydroxyl groups is 1. The number of aryl methyl sites for hydroxylation is 2. The van der Waals surface area contributed by atoms with E-state index < -0.39 is 0 Å². The first kappa shape index (κ1) is 17.1. The van der Waals surface area contributed by atoms with Gasteiger partial charge in [-0.25, -0.2) is 4.98 Å². The summed E-state index contributed by atoms with van der Waals surface area (Å²) < 4.78 is 1.98. The molecule has 0 radical (unpaired) electrons. The van der Waals surface area contributed by atoms with Gasteiger partial charge >= 0.3 is 0 Å². The molecule has 3 aromatic rings. The van der Waals surface area contributed by atoms with Gasteiger partial charge < -0.3 is 16.2 Å². The van der Waals surface area contributed by atoms with Crippen LogP contribution in [0.5, 0.6) is 5.75 Å². The summed E-state index contributed by atoms with van der Waals surface area (Å²) in [6.07, 6.45) is 1.01. The summed E-state index contributed by atoms with van der Waals surface area (Å²) in [6.45, 7) is 4.46. The van der Waals surface area contributed by atoms with Gasteiger partial charge in [0.15, 0.2) is 0 Å². The molecule has 4 N–H and O–H groups in total. The summed E-state index contributed by atoms with van der Waals surface area (Å²) in [4.78, 5) is 4.41. The van der Waals surface area contributed by atoms with Crippen molar-refractivity contribution in [2.24, 2.45) is 0 Å². The molecule has 0 bridgehead atoms. The van der Waals surface area contributed by atoms with Crippen LogP contribution in [0.4, 0.5) is 5.82 Å². The van der Waals surface area contributed by atoms with Crippen LogP contribution in [0, 0.1) is 18.3 Å². The van der Waals surface area contributed by atoms with Gasteiger partial charge in [0.05, 0.1) is 17.1 Å². The van der Waals surface area contributed by atoms with E-state index in [2.05, 4.69) is 16.4 Å². The lowest BCUT2D eigenvalue weighted by Crippen LogP contribution is -2.11. The molecule has 1 aliphatic heterocycles. The summed E-state index contributed by atoms with van der Waals surface area (Å²) in [5, 5.41) is 27.4. The van der Waals surface area contributed by atoms with E-state index in [4.69, 9.17) is 10.8 Å². The number of rotatable bonds is 2. The lowest BCUT2D eigenvalue weighted by atomic mass is 9.99. The van der Waals surface area contributed by atoms with Crippen molar-refractivity contribution in [1.82, 2.24) is 20.1 Å². The number of nitrogens with zero attached hydrogens (tertiary/aromatic N) is 4. The average Bonchev–Trinajstić information content (AvgIpc) is 2.91. The first-order valence-corrected chi connectivity index (χ1v) is 8.85. The van der Waals surface area contributed by atoms with Crippen LogP contribution in [0.15, 0.2) is 30.3 Å². The van der Waals surface area contributed by atoms with Gasteiger partial charge in [0.25, 0.3) is 0 Å². The Bertz CT molecular complexity index is 1040. The second kappa shape index (κ2) is 6.74. The number of aromatic nitrogens is 3. The van der Waals surface area contributed by atoms with E-state index in [0.29, 0.717) is 16.8 Å². The SMILES string of the molecule is Cc1cc(O)ccc1-c1cc(-c2cc3n(n2)CCCNC3)c(C#N)c(N)n1. The normalized spacial score (nSPS) is 13.6. The molecule has 27 heavy (non-hydrogen) atoms. The van der Waals surface area contributed by atoms with Crippen molar-refractivity contribution in [1.29, 1.82) is 5.26 Å². The van der Waals surface area contributed by atoms with Crippen molar-refractivity contribution in [3.8, 4) is 34.3 Å². The summed E-state index contributed by atoms with van der Waals surface area (Å²) in [5.41, 5.74) is 11.3. The van der Waals surface area contributed by atoms with Gasteiger partial charge in [-0.2, -0.15) is 10.4 Å². The number of fused-ring (bicyclic) bond motifs is 1. The number of nitrogens with one attached hydrogen (secondary N) is 1. The molecule has 0 unspecified atom stereocenters. The molecule has 0 saturated heterocycles. The lowest BCUT2D eigenvalue weighted by molar-refractivity contribution is 0.475. The van der Waals surface area contributed by atoms with Crippen LogP contribution in [-0.2, 0) is 13.1 Å².